The number of nitrogens with zero attached hydrogens (tertiary/aromatic N) is 2. The van der Waals surface area contributed by atoms with Crippen LogP contribution in [0.4, 0.5) is 5.69 Å². The maximum Gasteiger partial charge on any atom is 0.248 e. The van der Waals surface area contributed by atoms with Crippen LogP contribution in [0, 0.1) is 0 Å². The van der Waals surface area contributed by atoms with Gasteiger partial charge in [0, 0.05) is 55.4 Å². The van der Waals surface area contributed by atoms with Gasteiger partial charge in [-0.05, 0) is 47.9 Å². The van der Waals surface area contributed by atoms with Gasteiger partial charge in [0.05, 0.1) is 0 Å². The Morgan fingerprint density at radius 2 is 1.74 bits per heavy atom. The van der Waals surface area contributed by atoms with E-state index >= 15 is 0 Å². The summed E-state index contributed by atoms with van der Waals surface area (Å²) in [4.78, 5) is 18.9. The highest BCUT2D eigenvalue weighted by molar-refractivity contribution is 5.79. The summed E-state index contributed by atoms with van der Waals surface area (Å²) in [6.45, 7) is 9.02. The molecule has 1 aromatic heterocycles. The second kappa shape index (κ2) is 9.54. The van der Waals surface area contributed by atoms with Crippen molar-refractivity contribution < 1.29 is 9.84 Å². The van der Waals surface area contributed by atoms with Crippen molar-refractivity contribution in [3.63, 3.8) is 0 Å². The Morgan fingerprint density at radius 1 is 1.00 bits per heavy atom. The van der Waals surface area contributed by atoms with Gasteiger partial charge < -0.3 is 19.7 Å². The number of H-pyrrole nitrogens is 1. The van der Waals surface area contributed by atoms with Crippen LogP contribution < -0.4 is 15.2 Å². The van der Waals surface area contributed by atoms with Gasteiger partial charge in [-0.15, -0.1) is 0 Å². The van der Waals surface area contributed by atoms with E-state index in [2.05, 4.69) is 52.9 Å². The normalized spacial score (nSPS) is 16.1. The number of hydrogen-bond acceptors (Lipinski definition) is 5. The standard InChI is InChI=1S/C25H31N3O3/c1-18(2)19-3-6-21(7-4-19)28-13-11-27(12-14-28)16-22(29)17-31-23-8-9-24-20(15-23)5-10-25(30)26-24/h3-10,15,18,22,29H,11-14,16-17H2,1-2H3,(H,26,30)/t22-/m1/s1. The number of ether oxygens (including phenoxy) is 1. The minimum Gasteiger partial charge on any atom is -0.491 e. The van der Waals surface area contributed by atoms with Crippen LogP contribution in [0.15, 0.2) is 59.4 Å². The van der Waals surface area contributed by atoms with Crippen molar-refractivity contribution >= 4 is 16.6 Å². The molecule has 0 aliphatic carbocycles. The second-order valence-corrected chi connectivity index (χ2v) is 8.57. The lowest BCUT2D eigenvalue weighted by molar-refractivity contribution is 0.0663. The lowest BCUT2D eigenvalue weighted by Gasteiger charge is -2.37. The van der Waals surface area contributed by atoms with Crippen LogP contribution in [0.2, 0.25) is 0 Å². The lowest BCUT2D eigenvalue weighted by atomic mass is 10.0. The number of aromatic nitrogens is 1. The van der Waals surface area contributed by atoms with Crippen molar-refractivity contribution in [3.05, 3.63) is 70.5 Å². The summed E-state index contributed by atoms with van der Waals surface area (Å²) >= 11 is 0. The third kappa shape index (κ3) is 5.46. The fraction of sp³-hybridized carbons (Fsp3) is 0.400. The zero-order valence-corrected chi connectivity index (χ0v) is 18.3. The maximum absolute atomic E-state index is 11.4. The minimum atomic E-state index is -0.553. The predicted octanol–water partition coefficient (Wildman–Crippen LogP) is 3.21. The fourth-order valence-electron chi connectivity index (χ4n) is 4.02. The van der Waals surface area contributed by atoms with Crippen molar-refractivity contribution in [2.24, 2.45) is 0 Å². The molecule has 3 aromatic rings. The first kappa shape index (κ1) is 21.4. The van der Waals surface area contributed by atoms with Crippen LogP contribution in [0.25, 0.3) is 10.9 Å². The molecule has 1 aliphatic rings. The zero-order valence-electron chi connectivity index (χ0n) is 18.3. The van der Waals surface area contributed by atoms with E-state index in [1.807, 2.05) is 18.2 Å². The number of aliphatic hydroxyl groups is 1. The summed E-state index contributed by atoms with van der Waals surface area (Å²) in [5.41, 5.74) is 3.29. The molecule has 0 spiro atoms. The Bertz CT molecular complexity index is 1050. The molecule has 1 fully saturated rings. The first-order valence-electron chi connectivity index (χ1n) is 11.0. The van der Waals surface area contributed by atoms with E-state index in [9.17, 15) is 9.90 Å². The Morgan fingerprint density at radius 3 is 2.45 bits per heavy atom. The van der Waals surface area contributed by atoms with Gasteiger partial charge in [-0.3, -0.25) is 9.69 Å². The zero-order chi connectivity index (χ0) is 21.8. The molecule has 164 valence electrons. The number of pyridine rings is 1. The van der Waals surface area contributed by atoms with Crippen molar-refractivity contribution in [2.45, 2.75) is 25.9 Å². The molecule has 0 unspecified atom stereocenters. The highest BCUT2D eigenvalue weighted by Crippen LogP contribution is 2.22. The maximum atomic E-state index is 11.4. The number of aliphatic hydroxyl groups excluding tert-OH is 1. The number of β-amino-alcohol motifs (C(OH)–C–C–N with tert-alkyl or cyclic N) is 1. The molecule has 6 heteroatoms. The third-order valence-corrected chi connectivity index (χ3v) is 5.90. The molecule has 0 bridgehead atoms. The highest BCUT2D eigenvalue weighted by atomic mass is 16.5. The predicted molar refractivity (Wildman–Crippen MR) is 125 cm³/mol. The number of hydrogen-bond donors (Lipinski definition) is 2. The summed E-state index contributed by atoms with van der Waals surface area (Å²) in [6, 6.07) is 17.7. The number of piperazine rings is 1. The van der Waals surface area contributed by atoms with Gasteiger partial charge in [-0.2, -0.15) is 0 Å². The van der Waals surface area contributed by atoms with E-state index in [0.29, 0.717) is 18.2 Å². The van der Waals surface area contributed by atoms with Gasteiger partial charge in [-0.1, -0.05) is 26.0 Å². The fourth-order valence-corrected chi connectivity index (χ4v) is 4.02. The van der Waals surface area contributed by atoms with Crippen LogP contribution >= 0.6 is 0 Å². The first-order chi connectivity index (χ1) is 15.0. The molecular formula is C25H31N3O3. The Kier molecular flexibility index (Phi) is 6.59. The monoisotopic (exact) mass is 421 g/mol. The highest BCUT2D eigenvalue weighted by Gasteiger charge is 2.20. The summed E-state index contributed by atoms with van der Waals surface area (Å²) in [7, 11) is 0. The quantitative estimate of drug-likeness (QED) is 0.613. The van der Waals surface area contributed by atoms with Crippen molar-refractivity contribution in [1.82, 2.24) is 9.88 Å². The SMILES string of the molecule is CC(C)c1ccc(N2CCN(C[C@@H](O)COc3ccc4[nH]c(=O)ccc4c3)CC2)cc1. The second-order valence-electron chi connectivity index (χ2n) is 8.57. The number of anilines is 1. The van der Waals surface area contributed by atoms with Gasteiger partial charge >= 0.3 is 0 Å². The van der Waals surface area contributed by atoms with Crippen LogP contribution in [-0.4, -0.2) is 60.4 Å². The van der Waals surface area contributed by atoms with E-state index < -0.39 is 6.10 Å². The molecule has 2 aromatic carbocycles. The molecule has 1 aliphatic heterocycles. The van der Waals surface area contributed by atoms with E-state index in [1.54, 1.807) is 6.07 Å². The molecule has 1 atom stereocenters. The number of aromatic amines is 1. The molecule has 0 saturated carbocycles. The first-order valence-corrected chi connectivity index (χ1v) is 11.0. The van der Waals surface area contributed by atoms with Gasteiger partial charge in [0.1, 0.15) is 18.5 Å². The summed E-state index contributed by atoms with van der Waals surface area (Å²) in [5.74, 6) is 1.24. The van der Waals surface area contributed by atoms with Crippen molar-refractivity contribution in [2.75, 3.05) is 44.2 Å². The molecule has 0 radical (unpaired) electrons. The molecule has 0 amide bonds. The summed E-state index contributed by atoms with van der Waals surface area (Å²) < 4.78 is 5.79. The average Bonchev–Trinajstić information content (AvgIpc) is 2.78. The third-order valence-electron chi connectivity index (χ3n) is 5.90. The Hall–Kier alpha value is -2.83. The molecule has 6 nitrogen and oxygen atoms in total. The lowest BCUT2D eigenvalue weighted by Crippen LogP contribution is -2.49. The largest absolute Gasteiger partial charge is 0.491 e. The van der Waals surface area contributed by atoms with Crippen molar-refractivity contribution in [1.29, 1.82) is 0 Å². The minimum absolute atomic E-state index is 0.121. The Balaban J connectivity index is 1.24. The van der Waals surface area contributed by atoms with E-state index in [4.69, 9.17) is 4.74 Å². The molecule has 31 heavy (non-hydrogen) atoms. The smallest absolute Gasteiger partial charge is 0.248 e. The topological polar surface area (TPSA) is 68.8 Å². The van der Waals surface area contributed by atoms with E-state index in [0.717, 1.165) is 37.1 Å². The molecule has 2 N–H and O–H groups in total. The van der Waals surface area contributed by atoms with Crippen LogP contribution in [-0.2, 0) is 0 Å². The van der Waals surface area contributed by atoms with E-state index in [1.165, 1.54) is 17.3 Å². The molecular weight excluding hydrogens is 390 g/mol. The van der Waals surface area contributed by atoms with Crippen LogP contribution in [0.1, 0.15) is 25.3 Å². The molecule has 1 saturated heterocycles. The van der Waals surface area contributed by atoms with Crippen LogP contribution in [0.5, 0.6) is 5.75 Å². The molecule has 2 heterocycles. The molecule has 4 rings (SSSR count). The average molecular weight is 422 g/mol. The van der Waals surface area contributed by atoms with E-state index in [-0.39, 0.29) is 12.2 Å². The van der Waals surface area contributed by atoms with Gasteiger partial charge in [0.25, 0.3) is 0 Å². The van der Waals surface area contributed by atoms with Crippen LogP contribution in [0.3, 0.4) is 0 Å². The van der Waals surface area contributed by atoms with Gasteiger partial charge in [-0.25, -0.2) is 0 Å². The Labute approximate surface area is 183 Å². The van der Waals surface area contributed by atoms with Gasteiger partial charge in [0.2, 0.25) is 5.56 Å². The number of fused-ring (bicyclic) bond motifs is 1. The van der Waals surface area contributed by atoms with Gasteiger partial charge in [0.15, 0.2) is 0 Å². The summed E-state index contributed by atoms with van der Waals surface area (Å²) in [5, 5.41) is 11.4. The van der Waals surface area contributed by atoms with Crippen molar-refractivity contribution in [3.8, 4) is 5.75 Å². The number of nitrogens with one attached hydrogen (secondary N) is 1. The number of benzene rings is 2. The number of rotatable bonds is 7. The summed E-state index contributed by atoms with van der Waals surface area (Å²) in [6.07, 6.45) is -0.553.